The van der Waals surface area contributed by atoms with Crippen molar-refractivity contribution in [1.29, 1.82) is 0 Å². The van der Waals surface area contributed by atoms with Crippen LogP contribution in [0, 0.1) is 5.92 Å². The number of halogens is 1. The van der Waals surface area contributed by atoms with E-state index in [4.69, 9.17) is 0 Å². The standard InChI is InChI=1S/C18H27BrN2O/c1-13(2)17(15-6-8-16(19)9-7-15)18(22)20-12-14(3)21-10-4-5-11-21/h6-9,13-14,17H,4-5,10-12H2,1-3H3,(H,20,22). The van der Waals surface area contributed by atoms with E-state index >= 15 is 0 Å². The predicted octanol–water partition coefficient (Wildman–Crippen LogP) is 3.79. The fourth-order valence-corrected chi connectivity index (χ4v) is 3.44. The molecule has 1 aliphatic heterocycles. The molecule has 0 spiro atoms. The Morgan fingerprint density at radius 3 is 2.32 bits per heavy atom. The van der Waals surface area contributed by atoms with Crippen molar-refractivity contribution in [2.24, 2.45) is 5.92 Å². The maximum atomic E-state index is 12.6. The van der Waals surface area contributed by atoms with Crippen molar-refractivity contribution in [1.82, 2.24) is 10.2 Å². The summed E-state index contributed by atoms with van der Waals surface area (Å²) >= 11 is 3.45. The van der Waals surface area contributed by atoms with Crippen LogP contribution in [0.3, 0.4) is 0 Å². The molecule has 122 valence electrons. The summed E-state index contributed by atoms with van der Waals surface area (Å²) in [5.74, 6) is 0.338. The van der Waals surface area contributed by atoms with Gasteiger partial charge in [-0.15, -0.1) is 0 Å². The van der Waals surface area contributed by atoms with Crippen molar-refractivity contribution in [3.63, 3.8) is 0 Å². The van der Waals surface area contributed by atoms with Crippen LogP contribution < -0.4 is 5.32 Å². The summed E-state index contributed by atoms with van der Waals surface area (Å²) in [6, 6.07) is 8.51. The predicted molar refractivity (Wildman–Crippen MR) is 95.0 cm³/mol. The van der Waals surface area contributed by atoms with Gasteiger partial charge in [0.1, 0.15) is 0 Å². The van der Waals surface area contributed by atoms with Gasteiger partial charge < -0.3 is 5.32 Å². The number of amides is 1. The molecule has 2 unspecified atom stereocenters. The monoisotopic (exact) mass is 366 g/mol. The molecule has 0 aromatic heterocycles. The molecule has 0 saturated carbocycles. The quantitative estimate of drug-likeness (QED) is 0.830. The number of hydrogen-bond acceptors (Lipinski definition) is 2. The van der Waals surface area contributed by atoms with Gasteiger partial charge in [-0.25, -0.2) is 0 Å². The van der Waals surface area contributed by atoms with E-state index in [1.54, 1.807) is 0 Å². The van der Waals surface area contributed by atoms with Crippen molar-refractivity contribution in [3.8, 4) is 0 Å². The van der Waals surface area contributed by atoms with E-state index in [0.29, 0.717) is 6.04 Å². The van der Waals surface area contributed by atoms with Gasteiger partial charge in [-0.05, 0) is 56.5 Å². The third-order valence-electron chi connectivity index (χ3n) is 4.51. The first-order valence-electron chi connectivity index (χ1n) is 8.26. The lowest BCUT2D eigenvalue weighted by atomic mass is 9.87. The largest absolute Gasteiger partial charge is 0.354 e. The van der Waals surface area contributed by atoms with E-state index in [0.717, 1.165) is 29.7 Å². The van der Waals surface area contributed by atoms with Crippen LogP contribution in [0.5, 0.6) is 0 Å². The Morgan fingerprint density at radius 2 is 1.77 bits per heavy atom. The second-order valence-corrected chi connectivity index (χ2v) is 7.53. The summed E-state index contributed by atoms with van der Waals surface area (Å²) < 4.78 is 1.04. The fourth-order valence-electron chi connectivity index (χ4n) is 3.18. The van der Waals surface area contributed by atoms with E-state index < -0.39 is 0 Å². The van der Waals surface area contributed by atoms with Crippen molar-refractivity contribution in [2.45, 2.75) is 45.6 Å². The highest BCUT2D eigenvalue weighted by Crippen LogP contribution is 2.26. The van der Waals surface area contributed by atoms with Gasteiger partial charge in [-0.1, -0.05) is 41.9 Å². The Hall–Kier alpha value is -0.870. The van der Waals surface area contributed by atoms with E-state index in [1.165, 1.54) is 12.8 Å². The van der Waals surface area contributed by atoms with Crippen LogP contribution in [-0.2, 0) is 4.79 Å². The third kappa shape index (κ3) is 4.56. The van der Waals surface area contributed by atoms with Crippen LogP contribution in [0.2, 0.25) is 0 Å². The highest BCUT2D eigenvalue weighted by atomic mass is 79.9. The van der Waals surface area contributed by atoms with Crippen molar-refractivity contribution in [2.75, 3.05) is 19.6 Å². The highest BCUT2D eigenvalue weighted by molar-refractivity contribution is 9.10. The van der Waals surface area contributed by atoms with Gasteiger partial charge in [-0.3, -0.25) is 9.69 Å². The van der Waals surface area contributed by atoms with Gasteiger partial charge in [0.2, 0.25) is 5.91 Å². The molecule has 3 nitrogen and oxygen atoms in total. The molecule has 22 heavy (non-hydrogen) atoms. The van der Waals surface area contributed by atoms with Crippen LogP contribution in [0.25, 0.3) is 0 Å². The molecule has 2 atom stereocenters. The Balaban J connectivity index is 1.96. The number of hydrogen-bond donors (Lipinski definition) is 1. The Kier molecular flexibility index (Phi) is 6.45. The average molecular weight is 367 g/mol. The van der Waals surface area contributed by atoms with Crippen LogP contribution in [0.4, 0.5) is 0 Å². The summed E-state index contributed by atoms with van der Waals surface area (Å²) in [5, 5.41) is 3.16. The van der Waals surface area contributed by atoms with Gasteiger partial charge in [-0.2, -0.15) is 0 Å². The van der Waals surface area contributed by atoms with Gasteiger partial charge in [0.25, 0.3) is 0 Å². The smallest absolute Gasteiger partial charge is 0.227 e. The molecule has 1 saturated heterocycles. The van der Waals surface area contributed by atoms with Gasteiger partial charge in [0.15, 0.2) is 0 Å². The normalized spacial score (nSPS) is 18.4. The zero-order chi connectivity index (χ0) is 16.1. The van der Waals surface area contributed by atoms with E-state index in [1.807, 2.05) is 24.3 Å². The zero-order valence-electron chi connectivity index (χ0n) is 13.8. The summed E-state index contributed by atoms with van der Waals surface area (Å²) in [4.78, 5) is 15.1. The summed E-state index contributed by atoms with van der Waals surface area (Å²) in [5.41, 5.74) is 1.09. The zero-order valence-corrected chi connectivity index (χ0v) is 15.4. The molecule has 1 fully saturated rings. The van der Waals surface area contributed by atoms with E-state index in [2.05, 4.69) is 46.9 Å². The molecule has 2 rings (SSSR count). The van der Waals surface area contributed by atoms with Gasteiger partial charge >= 0.3 is 0 Å². The SMILES string of the molecule is CC(C)C(C(=O)NCC(C)N1CCCC1)c1ccc(Br)cc1. The molecular weight excluding hydrogens is 340 g/mol. The maximum absolute atomic E-state index is 12.6. The van der Waals surface area contributed by atoms with Gasteiger partial charge in [0.05, 0.1) is 5.92 Å². The second-order valence-electron chi connectivity index (χ2n) is 6.61. The fraction of sp³-hybridized carbons (Fsp3) is 0.611. The highest BCUT2D eigenvalue weighted by Gasteiger charge is 2.25. The van der Waals surface area contributed by atoms with Crippen LogP contribution in [0.1, 0.15) is 45.1 Å². The molecule has 1 heterocycles. The summed E-state index contributed by atoms with van der Waals surface area (Å²) in [7, 11) is 0. The van der Waals surface area contributed by atoms with Crippen LogP contribution in [0.15, 0.2) is 28.7 Å². The lowest BCUT2D eigenvalue weighted by Crippen LogP contribution is -2.42. The lowest BCUT2D eigenvalue weighted by molar-refractivity contribution is -0.123. The molecule has 0 aliphatic carbocycles. The number of rotatable bonds is 6. The molecule has 0 radical (unpaired) electrons. The third-order valence-corrected chi connectivity index (χ3v) is 5.04. The summed E-state index contributed by atoms with van der Waals surface area (Å²) in [6.07, 6.45) is 2.57. The summed E-state index contributed by atoms with van der Waals surface area (Å²) in [6.45, 7) is 9.48. The Labute approximate surface area is 142 Å². The molecule has 1 aromatic rings. The maximum Gasteiger partial charge on any atom is 0.227 e. The molecule has 1 amide bonds. The first kappa shape index (κ1) is 17.5. The Morgan fingerprint density at radius 1 is 1.18 bits per heavy atom. The topological polar surface area (TPSA) is 32.3 Å². The number of nitrogens with zero attached hydrogens (tertiary/aromatic N) is 1. The molecular formula is C18H27BrN2O. The minimum absolute atomic E-state index is 0.0844. The van der Waals surface area contributed by atoms with Crippen molar-refractivity contribution >= 4 is 21.8 Å². The molecule has 4 heteroatoms. The number of nitrogens with one attached hydrogen (secondary N) is 1. The lowest BCUT2D eigenvalue weighted by Gasteiger charge is -2.26. The average Bonchev–Trinajstić information content (AvgIpc) is 3.01. The van der Waals surface area contributed by atoms with E-state index in [-0.39, 0.29) is 17.7 Å². The van der Waals surface area contributed by atoms with Crippen molar-refractivity contribution < 1.29 is 4.79 Å². The minimum atomic E-state index is -0.0844. The van der Waals surface area contributed by atoms with E-state index in [9.17, 15) is 4.79 Å². The number of likely N-dealkylation sites (tertiary alicyclic amines) is 1. The Bertz CT molecular complexity index is 480. The van der Waals surface area contributed by atoms with Crippen LogP contribution >= 0.6 is 15.9 Å². The first-order chi connectivity index (χ1) is 10.5. The molecule has 1 aromatic carbocycles. The van der Waals surface area contributed by atoms with Crippen LogP contribution in [-0.4, -0.2) is 36.5 Å². The van der Waals surface area contributed by atoms with Gasteiger partial charge in [0, 0.05) is 17.1 Å². The minimum Gasteiger partial charge on any atom is -0.354 e. The molecule has 0 bridgehead atoms. The number of benzene rings is 1. The molecule has 1 aliphatic rings. The number of carbonyl (C=O) groups is 1. The number of carbonyl (C=O) groups excluding carboxylic acids is 1. The first-order valence-corrected chi connectivity index (χ1v) is 9.05. The second kappa shape index (κ2) is 8.11. The molecule has 1 N–H and O–H groups in total. The van der Waals surface area contributed by atoms with Crippen molar-refractivity contribution in [3.05, 3.63) is 34.3 Å².